The minimum atomic E-state index is -0.0748. The largest absolute Gasteiger partial charge is 0.497 e. The Balaban J connectivity index is 2.27. The van der Waals surface area contributed by atoms with Crippen LogP contribution in [0.2, 0.25) is 0 Å². The summed E-state index contributed by atoms with van der Waals surface area (Å²) in [5.41, 5.74) is 3.84. The van der Waals surface area contributed by atoms with E-state index in [4.69, 9.17) is 4.74 Å². The number of carbonyl (C=O) groups excluding carboxylic acids is 1. The van der Waals surface area contributed by atoms with E-state index in [2.05, 4.69) is 39.1 Å². The van der Waals surface area contributed by atoms with E-state index in [0.29, 0.717) is 11.8 Å². The lowest BCUT2D eigenvalue weighted by molar-refractivity contribution is 0.102. The summed E-state index contributed by atoms with van der Waals surface area (Å²) in [4.78, 5) is 12.6. The van der Waals surface area contributed by atoms with Gasteiger partial charge in [-0.05, 0) is 53.3 Å². The van der Waals surface area contributed by atoms with Crippen LogP contribution in [0, 0.1) is 0 Å². The molecular weight excluding hydrogens is 286 g/mol. The summed E-state index contributed by atoms with van der Waals surface area (Å²) in [6.45, 7) is 8.56. The van der Waals surface area contributed by atoms with Crippen LogP contribution in [0.3, 0.4) is 0 Å². The highest BCUT2D eigenvalue weighted by atomic mass is 16.5. The molecule has 0 bridgehead atoms. The normalized spacial score (nSPS) is 10.9. The van der Waals surface area contributed by atoms with Crippen LogP contribution in [0.15, 0.2) is 42.5 Å². The number of methoxy groups -OCH3 is 1. The predicted octanol–water partition coefficient (Wildman–Crippen LogP) is 5.19. The van der Waals surface area contributed by atoms with Crippen molar-refractivity contribution in [3.63, 3.8) is 0 Å². The molecule has 0 unspecified atom stereocenters. The Morgan fingerprint density at radius 1 is 0.957 bits per heavy atom. The maximum absolute atomic E-state index is 12.6. The summed E-state index contributed by atoms with van der Waals surface area (Å²) in [6, 6.07) is 13.5. The Labute approximate surface area is 138 Å². The SMILES string of the molecule is COc1ccc(NC(=O)c2ccc(C(C)C)cc2C(C)C)cc1. The molecule has 0 heterocycles. The van der Waals surface area contributed by atoms with Crippen LogP contribution in [0.4, 0.5) is 5.69 Å². The van der Waals surface area contributed by atoms with Gasteiger partial charge < -0.3 is 10.1 Å². The van der Waals surface area contributed by atoms with Crippen LogP contribution < -0.4 is 10.1 Å². The van der Waals surface area contributed by atoms with Crippen molar-refractivity contribution in [1.29, 1.82) is 0 Å². The minimum Gasteiger partial charge on any atom is -0.497 e. The molecule has 2 rings (SSSR count). The molecule has 0 aromatic heterocycles. The van der Waals surface area contributed by atoms with Crippen LogP contribution in [0.5, 0.6) is 5.75 Å². The molecule has 3 nitrogen and oxygen atoms in total. The molecule has 0 radical (unpaired) electrons. The molecule has 3 heteroatoms. The highest BCUT2D eigenvalue weighted by Crippen LogP contribution is 2.26. The van der Waals surface area contributed by atoms with Crippen LogP contribution >= 0.6 is 0 Å². The number of carbonyl (C=O) groups is 1. The van der Waals surface area contributed by atoms with Crippen molar-refractivity contribution in [2.24, 2.45) is 0 Å². The van der Waals surface area contributed by atoms with Gasteiger partial charge in [-0.25, -0.2) is 0 Å². The van der Waals surface area contributed by atoms with Gasteiger partial charge in [0.1, 0.15) is 5.75 Å². The molecular formula is C20H25NO2. The van der Waals surface area contributed by atoms with Crippen LogP contribution in [-0.2, 0) is 0 Å². The Kier molecular flexibility index (Phi) is 5.43. The molecule has 0 aliphatic heterocycles. The second-order valence-corrected chi connectivity index (χ2v) is 6.34. The number of hydrogen-bond acceptors (Lipinski definition) is 2. The van der Waals surface area contributed by atoms with Crippen molar-refractivity contribution in [2.75, 3.05) is 12.4 Å². The van der Waals surface area contributed by atoms with Crippen molar-refractivity contribution in [3.05, 3.63) is 59.2 Å². The first-order chi connectivity index (χ1) is 10.9. The van der Waals surface area contributed by atoms with Crippen molar-refractivity contribution in [3.8, 4) is 5.75 Å². The average molecular weight is 311 g/mol. The number of ether oxygens (including phenoxy) is 1. The number of amides is 1. The van der Waals surface area contributed by atoms with Crippen molar-refractivity contribution in [2.45, 2.75) is 39.5 Å². The van der Waals surface area contributed by atoms with Crippen LogP contribution in [0.1, 0.15) is 61.0 Å². The third-order valence-corrected chi connectivity index (χ3v) is 3.96. The van der Waals surface area contributed by atoms with E-state index in [1.54, 1.807) is 7.11 Å². The molecule has 0 saturated heterocycles. The van der Waals surface area contributed by atoms with Crippen molar-refractivity contribution in [1.82, 2.24) is 0 Å². The third kappa shape index (κ3) is 4.13. The smallest absolute Gasteiger partial charge is 0.255 e. The first-order valence-electron chi connectivity index (χ1n) is 8.01. The Bertz CT molecular complexity index is 673. The summed E-state index contributed by atoms with van der Waals surface area (Å²) < 4.78 is 5.13. The lowest BCUT2D eigenvalue weighted by Gasteiger charge is -2.16. The summed E-state index contributed by atoms with van der Waals surface area (Å²) in [5.74, 6) is 1.44. The van der Waals surface area contributed by atoms with Gasteiger partial charge in [0.15, 0.2) is 0 Å². The van der Waals surface area contributed by atoms with Gasteiger partial charge >= 0.3 is 0 Å². The van der Waals surface area contributed by atoms with Gasteiger partial charge in [-0.1, -0.05) is 39.8 Å². The van der Waals surface area contributed by atoms with Gasteiger partial charge in [-0.15, -0.1) is 0 Å². The highest BCUT2D eigenvalue weighted by molar-refractivity contribution is 6.05. The standard InChI is InChI=1S/C20H25NO2/c1-13(2)15-6-11-18(19(12-15)14(3)4)20(22)21-16-7-9-17(23-5)10-8-16/h6-14H,1-5H3,(H,21,22). The van der Waals surface area contributed by atoms with Crippen LogP contribution in [0.25, 0.3) is 0 Å². The molecule has 1 amide bonds. The topological polar surface area (TPSA) is 38.3 Å². The number of hydrogen-bond donors (Lipinski definition) is 1. The van der Waals surface area contributed by atoms with Gasteiger partial charge in [-0.3, -0.25) is 4.79 Å². The molecule has 0 saturated carbocycles. The maximum Gasteiger partial charge on any atom is 0.255 e. The fourth-order valence-corrected chi connectivity index (χ4v) is 2.50. The van der Waals surface area contributed by atoms with E-state index >= 15 is 0 Å². The summed E-state index contributed by atoms with van der Waals surface area (Å²) >= 11 is 0. The number of nitrogens with one attached hydrogen (secondary N) is 1. The molecule has 0 aliphatic carbocycles. The van der Waals surface area contributed by atoms with Crippen molar-refractivity contribution >= 4 is 11.6 Å². The molecule has 23 heavy (non-hydrogen) atoms. The molecule has 2 aromatic rings. The summed E-state index contributed by atoms with van der Waals surface area (Å²) in [7, 11) is 1.62. The molecule has 1 N–H and O–H groups in total. The van der Waals surface area contributed by atoms with Gasteiger partial charge in [-0.2, -0.15) is 0 Å². The van der Waals surface area contributed by atoms with Gasteiger partial charge in [0.25, 0.3) is 5.91 Å². The second kappa shape index (κ2) is 7.32. The second-order valence-electron chi connectivity index (χ2n) is 6.34. The van der Waals surface area contributed by atoms with E-state index in [-0.39, 0.29) is 5.91 Å². The molecule has 122 valence electrons. The summed E-state index contributed by atoms with van der Waals surface area (Å²) in [6.07, 6.45) is 0. The zero-order valence-corrected chi connectivity index (χ0v) is 14.5. The fourth-order valence-electron chi connectivity index (χ4n) is 2.50. The number of rotatable bonds is 5. The molecule has 0 fully saturated rings. The molecule has 0 spiro atoms. The third-order valence-electron chi connectivity index (χ3n) is 3.96. The quantitative estimate of drug-likeness (QED) is 0.824. The highest BCUT2D eigenvalue weighted by Gasteiger charge is 2.15. The van der Waals surface area contributed by atoms with E-state index in [0.717, 1.165) is 22.6 Å². The summed E-state index contributed by atoms with van der Waals surface area (Å²) in [5, 5.41) is 2.96. The molecule has 2 aromatic carbocycles. The lowest BCUT2D eigenvalue weighted by atomic mass is 9.91. The zero-order chi connectivity index (χ0) is 17.0. The number of benzene rings is 2. The van der Waals surface area contributed by atoms with E-state index in [1.165, 1.54) is 5.56 Å². The first kappa shape index (κ1) is 17.1. The van der Waals surface area contributed by atoms with E-state index in [1.807, 2.05) is 36.4 Å². The fraction of sp³-hybridized carbons (Fsp3) is 0.350. The molecule has 0 aliphatic rings. The minimum absolute atomic E-state index is 0.0748. The average Bonchev–Trinajstić information content (AvgIpc) is 2.54. The van der Waals surface area contributed by atoms with Gasteiger partial charge in [0.05, 0.1) is 7.11 Å². The lowest BCUT2D eigenvalue weighted by Crippen LogP contribution is -2.15. The maximum atomic E-state index is 12.6. The van der Waals surface area contributed by atoms with E-state index in [9.17, 15) is 4.79 Å². The Morgan fingerprint density at radius 2 is 1.61 bits per heavy atom. The van der Waals surface area contributed by atoms with Crippen molar-refractivity contribution < 1.29 is 9.53 Å². The van der Waals surface area contributed by atoms with Crippen LogP contribution in [-0.4, -0.2) is 13.0 Å². The Hall–Kier alpha value is -2.29. The molecule has 0 atom stereocenters. The number of anilines is 1. The van der Waals surface area contributed by atoms with E-state index < -0.39 is 0 Å². The van der Waals surface area contributed by atoms with Gasteiger partial charge in [0, 0.05) is 11.3 Å². The monoisotopic (exact) mass is 311 g/mol. The predicted molar refractivity (Wildman–Crippen MR) is 95.6 cm³/mol. The Morgan fingerprint density at radius 3 is 2.13 bits per heavy atom. The van der Waals surface area contributed by atoms with Gasteiger partial charge in [0.2, 0.25) is 0 Å². The zero-order valence-electron chi connectivity index (χ0n) is 14.5. The first-order valence-corrected chi connectivity index (χ1v) is 8.01.